The van der Waals surface area contributed by atoms with Gasteiger partial charge in [0.2, 0.25) is 0 Å². The normalized spacial score (nSPS) is 14.5. The molecule has 0 aromatic carbocycles. The van der Waals surface area contributed by atoms with Gasteiger partial charge in [0.25, 0.3) is 0 Å². The van der Waals surface area contributed by atoms with Gasteiger partial charge >= 0.3 is 5.97 Å². The summed E-state index contributed by atoms with van der Waals surface area (Å²) in [6, 6.07) is 0. The average Bonchev–Trinajstić information content (AvgIpc) is 2.24. The second kappa shape index (κ2) is 7.00. The molecule has 1 unspecified atom stereocenters. The summed E-state index contributed by atoms with van der Waals surface area (Å²) in [5.41, 5.74) is -0.146. The zero-order valence-corrected chi connectivity index (χ0v) is 14.2. The quantitative estimate of drug-likeness (QED) is 0.461. The van der Waals surface area contributed by atoms with Gasteiger partial charge in [0.1, 0.15) is 5.71 Å². The maximum Gasteiger partial charge on any atom is 0.356 e. The van der Waals surface area contributed by atoms with Gasteiger partial charge in [0.15, 0.2) is 0 Å². The van der Waals surface area contributed by atoms with Crippen molar-refractivity contribution in [2.45, 2.75) is 58.9 Å². The van der Waals surface area contributed by atoms with Crippen molar-refractivity contribution in [2.24, 2.45) is 0 Å². The van der Waals surface area contributed by atoms with Crippen molar-refractivity contribution in [3.63, 3.8) is 0 Å². The first kappa shape index (κ1) is 18.1. The van der Waals surface area contributed by atoms with Crippen molar-refractivity contribution >= 4 is 20.0 Å². The fraction of sp³-hybridized carbons (Fsp3) is 0.714. The van der Waals surface area contributed by atoms with E-state index in [0.717, 1.165) is 0 Å². The van der Waals surface area contributed by atoms with Gasteiger partial charge < -0.3 is 9.16 Å². The Morgan fingerprint density at radius 3 is 2.32 bits per heavy atom. The number of hydrogen-bond acceptors (Lipinski definition) is 4. The molecule has 0 aromatic rings. The van der Waals surface area contributed by atoms with Crippen LogP contribution < -0.4 is 0 Å². The second-order valence-electron chi connectivity index (χ2n) is 6.08. The van der Waals surface area contributed by atoms with Crippen molar-refractivity contribution in [3.8, 4) is 0 Å². The van der Waals surface area contributed by atoms with E-state index < -0.39 is 14.3 Å². The molecule has 0 saturated carbocycles. The van der Waals surface area contributed by atoms with Gasteiger partial charge in [-0.05, 0) is 28.2 Å². The molecular weight excluding hydrogens is 258 g/mol. The van der Waals surface area contributed by atoms with Crippen molar-refractivity contribution in [3.05, 3.63) is 12.2 Å². The zero-order chi connectivity index (χ0) is 15.3. The largest absolute Gasteiger partial charge is 0.560 e. The van der Waals surface area contributed by atoms with Crippen molar-refractivity contribution < 1.29 is 14.0 Å². The number of esters is 1. The van der Waals surface area contributed by atoms with Crippen LogP contribution >= 0.6 is 0 Å². The smallest absolute Gasteiger partial charge is 0.356 e. The van der Waals surface area contributed by atoms with E-state index in [0.29, 0.717) is 0 Å². The van der Waals surface area contributed by atoms with Crippen molar-refractivity contribution in [2.75, 3.05) is 6.61 Å². The number of ether oxygens (including phenoxy) is 1. The topological polar surface area (TPSA) is 59.4 Å². The molecule has 4 nitrogen and oxygen atoms in total. The van der Waals surface area contributed by atoms with E-state index in [-0.39, 0.29) is 23.5 Å². The third kappa shape index (κ3) is 6.16. The molecule has 0 amide bonds. The molecule has 0 aromatic heterocycles. The first-order valence-corrected chi connectivity index (χ1v) is 9.53. The third-order valence-electron chi connectivity index (χ3n) is 3.32. The van der Waals surface area contributed by atoms with Crippen LogP contribution in [-0.2, 0) is 14.0 Å². The molecule has 111 valence electrons. The molecule has 0 bridgehead atoms. The van der Waals surface area contributed by atoms with Gasteiger partial charge in [-0.15, -0.1) is 18.1 Å². The standard InChI is InChI=1S/C14H27NO3Si/c1-8-17-13(16)12(15)10-9-11(2)18-19(6,7)14(3,4)5/h9-11,15H,8H2,1-7H3/q-1/b10-9+,15-12?. The lowest BCUT2D eigenvalue weighted by Crippen LogP contribution is -2.42. The summed E-state index contributed by atoms with van der Waals surface area (Å²) >= 11 is 0. The molecule has 1 atom stereocenters. The summed E-state index contributed by atoms with van der Waals surface area (Å²) in [7, 11) is -1.82. The van der Waals surface area contributed by atoms with Gasteiger partial charge in [-0.3, -0.25) is 5.41 Å². The maximum absolute atomic E-state index is 11.3. The Morgan fingerprint density at radius 1 is 1.37 bits per heavy atom. The molecule has 0 aliphatic rings. The Kier molecular flexibility index (Phi) is 6.66. The Morgan fingerprint density at radius 2 is 1.89 bits per heavy atom. The monoisotopic (exact) mass is 285 g/mol. The van der Waals surface area contributed by atoms with Crippen molar-refractivity contribution in [1.29, 1.82) is 5.41 Å². The molecule has 1 N–H and O–H groups in total. The molecule has 0 aliphatic carbocycles. The van der Waals surface area contributed by atoms with Gasteiger partial charge in [-0.2, -0.15) is 0 Å². The minimum absolute atomic E-state index is 0.115. The fourth-order valence-corrected chi connectivity index (χ4v) is 2.55. The summed E-state index contributed by atoms with van der Waals surface area (Å²) in [5, 5.41) is 7.68. The van der Waals surface area contributed by atoms with Crippen LogP contribution in [0.25, 0.3) is 0 Å². The highest BCUT2D eigenvalue weighted by Crippen LogP contribution is 2.37. The lowest BCUT2D eigenvalue weighted by atomic mass is 10.2. The minimum Gasteiger partial charge on any atom is -0.560 e. The average molecular weight is 285 g/mol. The van der Waals surface area contributed by atoms with E-state index in [2.05, 4.69) is 33.9 Å². The predicted molar refractivity (Wildman–Crippen MR) is 81.2 cm³/mol. The zero-order valence-electron chi connectivity index (χ0n) is 13.2. The highest BCUT2D eigenvalue weighted by molar-refractivity contribution is 6.74. The molecule has 0 saturated heterocycles. The van der Waals surface area contributed by atoms with E-state index in [1.165, 1.54) is 6.08 Å². The number of nitrogens with one attached hydrogen (secondary N) is 1. The fourth-order valence-electron chi connectivity index (χ4n) is 1.19. The molecule has 5 heteroatoms. The summed E-state index contributed by atoms with van der Waals surface area (Å²) in [5.74, 6) is -0.599. The van der Waals surface area contributed by atoms with Gasteiger partial charge in [0.05, 0.1) is 6.61 Å². The van der Waals surface area contributed by atoms with Gasteiger partial charge in [0, 0.05) is 6.10 Å². The Labute approximate surface area is 117 Å². The third-order valence-corrected chi connectivity index (χ3v) is 7.89. The van der Waals surface area contributed by atoms with Crippen LogP contribution in [0.4, 0.5) is 0 Å². The number of hydrogen-bond donors (Lipinski definition) is 1. The molecule has 0 heterocycles. The number of carbonyl (C=O) groups excluding carboxylic acids is 1. The maximum atomic E-state index is 11.3. The summed E-state index contributed by atoms with van der Waals surface area (Å²) in [6.45, 7) is 14.8. The van der Waals surface area contributed by atoms with Crippen LogP contribution in [0.5, 0.6) is 0 Å². The molecular formula is C14H27NO3Si-. The molecule has 0 fully saturated rings. The first-order valence-electron chi connectivity index (χ1n) is 6.63. The Hall–Kier alpha value is -0.943. The molecule has 0 aliphatic heterocycles. The highest BCUT2D eigenvalue weighted by Gasteiger charge is 2.25. The van der Waals surface area contributed by atoms with E-state index >= 15 is 0 Å². The Balaban J connectivity index is 4.51. The number of rotatable bonds is 6. The van der Waals surface area contributed by atoms with E-state index in [4.69, 9.17) is 14.6 Å². The molecule has 0 radical (unpaired) electrons. The lowest BCUT2D eigenvalue weighted by molar-refractivity contribution is -0.135. The first-order chi connectivity index (χ1) is 8.51. The lowest BCUT2D eigenvalue weighted by Gasteiger charge is -2.50. The Bertz CT molecular complexity index is 356. The van der Waals surface area contributed by atoms with Crippen molar-refractivity contribution in [1.82, 2.24) is 0 Å². The van der Waals surface area contributed by atoms with E-state index in [9.17, 15) is 4.79 Å². The SMILES string of the molecule is CCOC(=O)C(=N)/C=C/C(C)O[Si-](C)(C)C(C)(C)C. The predicted octanol–water partition coefficient (Wildman–Crippen LogP) is 3.54. The summed E-state index contributed by atoms with van der Waals surface area (Å²) in [4.78, 5) is 11.3. The molecule has 0 rings (SSSR count). The second-order valence-corrected chi connectivity index (χ2v) is 10.8. The van der Waals surface area contributed by atoms with E-state index in [1.54, 1.807) is 13.0 Å². The molecule has 0 spiro atoms. The highest BCUT2D eigenvalue weighted by atomic mass is 28.4. The van der Waals surface area contributed by atoms with Gasteiger partial charge in [-0.25, -0.2) is 4.79 Å². The van der Waals surface area contributed by atoms with Crippen LogP contribution in [0.3, 0.4) is 0 Å². The van der Waals surface area contributed by atoms with Gasteiger partial charge in [-0.1, -0.05) is 26.8 Å². The molecule has 19 heavy (non-hydrogen) atoms. The van der Waals surface area contributed by atoms with Crippen LogP contribution in [0, 0.1) is 5.41 Å². The van der Waals surface area contributed by atoms with Crippen LogP contribution in [-0.4, -0.2) is 32.7 Å². The van der Waals surface area contributed by atoms with Crippen LogP contribution in [0.2, 0.25) is 18.1 Å². The van der Waals surface area contributed by atoms with Crippen LogP contribution in [0.15, 0.2) is 12.2 Å². The number of carbonyl (C=O) groups is 1. The summed E-state index contributed by atoms with van der Waals surface area (Å²) in [6.07, 6.45) is 3.07. The van der Waals surface area contributed by atoms with E-state index in [1.807, 2.05) is 6.92 Å². The van der Waals surface area contributed by atoms with Crippen LogP contribution in [0.1, 0.15) is 34.6 Å². The minimum atomic E-state index is -1.82. The summed E-state index contributed by atoms with van der Waals surface area (Å²) < 4.78 is 10.8.